The van der Waals surface area contributed by atoms with Gasteiger partial charge in [-0.05, 0) is 41.8 Å². The van der Waals surface area contributed by atoms with Crippen LogP contribution in [0.1, 0.15) is 11.3 Å². The van der Waals surface area contributed by atoms with Gasteiger partial charge in [-0.1, -0.05) is 24.3 Å². The van der Waals surface area contributed by atoms with Gasteiger partial charge in [-0.25, -0.2) is 9.35 Å². The number of aliphatic hydroxyl groups excluding tert-OH is 1. The van der Waals surface area contributed by atoms with E-state index in [-0.39, 0.29) is 24.9 Å². The summed E-state index contributed by atoms with van der Waals surface area (Å²) >= 11 is 0. The van der Waals surface area contributed by atoms with Crippen molar-refractivity contribution in [2.45, 2.75) is 37.9 Å². The minimum Gasteiger partial charge on any atom is -0.456 e. The number of hydrogen-bond acceptors (Lipinski definition) is 9. The molecule has 0 unspecified atom stereocenters. The van der Waals surface area contributed by atoms with Gasteiger partial charge in [-0.2, -0.15) is 4.98 Å². The lowest BCUT2D eigenvalue weighted by atomic mass is 10.0. The van der Waals surface area contributed by atoms with Crippen LogP contribution >= 0.6 is 0 Å². The molecule has 0 amide bonds. The molecule has 4 aromatic rings. The molecule has 11 heteroatoms. The highest BCUT2D eigenvalue weighted by atomic mass is 32.2. The molecule has 2 N–H and O–H groups in total. The zero-order chi connectivity index (χ0) is 26.4. The Balaban J connectivity index is 1.22. The van der Waals surface area contributed by atoms with E-state index in [2.05, 4.69) is 19.3 Å². The number of hydrogen-bond donors (Lipinski definition) is 2. The van der Waals surface area contributed by atoms with Gasteiger partial charge < -0.3 is 24.3 Å². The van der Waals surface area contributed by atoms with Gasteiger partial charge in [-0.3, -0.25) is 9.19 Å². The molecule has 0 bridgehead atoms. The van der Waals surface area contributed by atoms with E-state index in [0.717, 1.165) is 39.2 Å². The van der Waals surface area contributed by atoms with Crippen LogP contribution in [0.4, 0.5) is 0 Å². The summed E-state index contributed by atoms with van der Waals surface area (Å²) < 4.78 is 33.4. The molecule has 10 nitrogen and oxygen atoms in total. The average Bonchev–Trinajstić information content (AvgIpc) is 3.59. The number of fused-ring (bicyclic) bond motifs is 2. The molecule has 38 heavy (non-hydrogen) atoms. The normalized spacial score (nSPS) is 23.1. The number of aromatic nitrogens is 4. The number of rotatable bonds is 6. The van der Waals surface area contributed by atoms with Gasteiger partial charge in [0.05, 0.1) is 36.7 Å². The van der Waals surface area contributed by atoms with E-state index in [4.69, 9.17) is 19.2 Å². The van der Waals surface area contributed by atoms with E-state index < -0.39 is 15.8 Å². The lowest BCUT2D eigenvalue weighted by Gasteiger charge is -2.15. The Morgan fingerprint density at radius 1 is 1.05 bits per heavy atom. The second-order valence-corrected chi connectivity index (χ2v) is 12.6. The van der Waals surface area contributed by atoms with Crippen LogP contribution in [0.3, 0.4) is 0 Å². The number of benzene rings is 1. The SMILES string of the molecule is Cc1cc2[nH]c(O[C@@H]3CO[C@H]4[C@@H]3OC[C@H]4O)nc2nc1-c1ccc(-c2ccnc(CN=S(C)(C)=O)c2)cc1. The summed E-state index contributed by atoms with van der Waals surface area (Å²) in [6.07, 6.45) is 3.34. The molecular weight excluding hydrogens is 506 g/mol. The first-order valence-corrected chi connectivity index (χ1v) is 14.7. The minimum absolute atomic E-state index is 0.247. The van der Waals surface area contributed by atoms with Crippen molar-refractivity contribution in [2.24, 2.45) is 4.36 Å². The maximum atomic E-state index is 11.9. The molecule has 198 valence electrons. The van der Waals surface area contributed by atoms with Crippen molar-refractivity contribution in [3.63, 3.8) is 0 Å². The molecule has 1 aromatic carbocycles. The summed E-state index contributed by atoms with van der Waals surface area (Å²) in [5.41, 5.74) is 6.97. The number of H-pyrrole nitrogens is 1. The van der Waals surface area contributed by atoms with E-state index in [9.17, 15) is 9.32 Å². The molecule has 0 radical (unpaired) electrons. The first-order valence-electron chi connectivity index (χ1n) is 12.4. The van der Waals surface area contributed by atoms with Crippen molar-refractivity contribution in [3.8, 4) is 28.4 Å². The summed E-state index contributed by atoms with van der Waals surface area (Å²) in [6, 6.07) is 14.4. The van der Waals surface area contributed by atoms with Gasteiger partial charge >= 0.3 is 0 Å². The summed E-state index contributed by atoms with van der Waals surface area (Å²) in [5, 5.41) is 9.95. The number of imidazole rings is 1. The highest BCUT2D eigenvalue weighted by Gasteiger charge is 2.48. The van der Waals surface area contributed by atoms with Crippen LogP contribution in [-0.4, -0.2) is 79.4 Å². The highest BCUT2D eigenvalue weighted by molar-refractivity contribution is 7.92. The van der Waals surface area contributed by atoms with Crippen molar-refractivity contribution in [1.29, 1.82) is 0 Å². The molecule has 2 aliphatic heterocycles. The van der Waals surface area contributed by atoms with Crippen molar-refractivity contribution in [2.75, 3.05) is 25.7 Å². The van der Waals surface area contributed by atoms with Crippen molar-refractivity contribution >= 4 is 20.9 Å². The Morgan fingerprint density at radius 3 is 2.61 bits per heavy atom. The van der Waals surface area contributed by atoms with E-state index in [1.807, 2.05) is 49.4 Å². The first-order chi connectivity index (χ1) is 18.2. The molecule has 0 aliphatic carbocycles. The molecule has 4 atom stereocenters. The second-order valence-electron chi connectivity index (χ2n) is 9.97. The lowest BCUT2D eigenvalue weighted by molar-refractivity contribution is 0.00706. The van der Waals surface area contributed by atoms with Crippen LogP contribution in [0.5, 0.6) is 6.01 Å². The predicted octanol–water partition coefficient (Wildman–Crippen LogP) is 3.13. The van der Waals surface area contributed by atoms with Crippen LogP contribution in [-0.2, 0) is 25.7 Å². The van der Waals surface area contributed by atoms with Gasteiger partial charge in [0.15, 0.2) is 11.8 Å². The number of aryl methyl sites for hydroxylation is 1. The van der Waals surface area contributed by atoms with Crippen molar-refractivity contribution < 1.29 is 23.5 Å². The fourth-order valence-electron chi connectivity index (χ4n) is 4.84. The Hall–Kier alpha value is -3.38. The average molecular weight is 536 g/mol. The smallest absolute Gasteiger partial charge is 0.296 e. The van der Waals surface area contributed by atoms with Gasteiger partial charge in [0.25, 0.3) is 6.01 Å². The first kappa shape index (κ1) is 24.9. The Labute approximate surface area is 220 Å². The van der Waals surface area contributed by atoms with E-state index >= 15 is 0 Å². The third-order valence-electron chi connectivity index (χ3n) is 6.73. The topological polar surface area (TPSA) is 132 Å². The standard InChI is InChI=1S/C27H29N5O5S/c1-15-10-20-26(32-27(30-20)37-22-14-36-24-21(33)13-35-25(22)24)31-23(15)17-6-4-16(5-7-17)18-8-9-28-19(11-18)12-29-38(2,3)34/h4-11,21-22,24-25,33H,12-14H2,1-3H3,(H,30,31,32)/t21-,22-,24-,25-/m1/s1. The largest absolute Gasteiger partial charge is 0.456 e. The van der Waals surface area contributed by atoms with Crippen LogP contribution in [0.15, 0.2) is 53.0 Å². The molecule has 5 heterocycles. The van der Waals surface area contributed by atoms with E-state index in [0.29, 0.717) is 24.8 Å². The molecule has 2 aliphatic rings. The predicted molar refractivity (Wildman–Crippen MR) is 143 cm³/mol. The molecule has 6 rings (SSSR count). The third kappa shape index (κ3) is 5.02. The van der Waals surface area contributed by atoms with Crippen molar-refractivity contribution in [1.82, 2.24) is 19.9 Å². The molecule has 2 fully saturated rings. The minimum atomic E-state index is -2.17. The zero-order valence-electron chi connectivity index (χ0n) is 21.3. The summed E-state index contributed by atoms with van der Waals surface area (Å²) in [5.74, 6) is 0. The molecule has 0 spiro atoms. The molecule has 3 aromatic heterocycles. The van der Waals surface area contributed by atoms with Crippen LogP contribution in [0, 0.1) is 6.92 Å². The maximum Gasteiger partial charge on any atom is 0.296 e. The quantitative estimate of drug-likeness (QED) is 0.385. The van der Waals surface area contributed by atoms with E-state index in [1.165, 1.54) is 0 Å². The summed E-state index contributed by atoms with van der Waals surface area (Å²) in [7, 11) is -2.17. The fourth-order valence-corrected chi connectivity index (χ4v) is 5.29. The summed E-state index contributed by atoms with van der Waals surface area (Å²) in [6.45, 7) is 2.91. The Bertz CT molecular complexity index is 1600. The van der Waals surface area contributed by atoms with Crippen LogP contribution in [0.2, 0.25) is 0 Å². The number of aliphatic hydroxyl groups is 1. The lowest BCUT2D eigenvalue weighted by Crippen LogP contribution is -2.34. The second kappa shape index (κ2) is 9.73. The molecule has 0 saturated carbocycles. The zero-order valence-corrected chi connectivity index (χ0v) is 22.1. The number of nitrogens with one attached hydrogen (secondary N) is 1. The molecular formula is C27H29N5O5S. The molecule has 2 saturated heterocycles. The fraction of sp³-hybridized carbons (Fsp3) is 0.370. The Morgan fingerprint density at radius 2 is 1.82 bits per heavy atom. The van der Waals surface area contributed by atoms with Gasteiger partial charge in [0, 0.05) is 34.0 Å². The number of pyridine rings is 2. The highest BCUT2D eigenvalue weighted by Crippen LogP contribution is 2.31. The number of nitrogens with zero attached hydrogens (tertiary/aromatic N) is 4. The number of ether oxygens (including phenoxy) is 3. The maximum absolute atomic E-state index is 11.9. The van der Waals surface area contributed by atoms with Gasteiger partial charge in [0.1, 0.15) is 18.3 Å². The van der Waals surface area contributed by atoms with Crippen LogP contribution < -0.4 is 4.74 Å². The van der Waals surface area contributed by atoms with Crippen molar-refractivity contribution in [3.05, 3.63) is 59.9 Å². The van der Waals surface area contributed by atoms with Crippen LogP contribution in [0.25, 0.3) is 33.5 Å². The van der Waals surface area contributed by atoms with Gasteiger partial charge in [-0.15, -0.1) is 0 Å². The monoisotopic (exact) mass is 535 g/mol. The summed E-state index contributed by atoms with van der Waals surface area (Å²) in [4.78, 5) is 16.9. The third-order valence-corrected chi connectivity index (χ3v) is 7.48. The number of aromatic amines is 1. The van der Waals surface area contributed by atoms with Gasteiger partial charge in [0.2, 0.25) is 0 Å². The Kier molecular flexibility index (Phi) is 6.39. The van der Waals surface area contributed by atoms with E-state index in [1.54, 1.807) is 18.7 Å².